The molecule has 0 unspecified atom stereocenters. The Labute approximate surface area is 178 Å². The molecule has 3 aromatic carbocycles. The number of phenols is 1. The van der Waals surface area contributed by atoms with Gasteiger partial charge in [0, 0.05) is 17.6 Å². The smallest absolute Gasteiger partial charge is 0.251 e. The van der Waals surface area contributed by atoms with Crippen molar-refractivity contribution in [2.24, 2.45) is 5.73 Å². The molecule has 4 nitrogen and oxygen atoms in total. The average Bonchev–Trinajstić information content (AvgIpc) is 2.66. The molecule has 0 aromatic heterocycles. The molecule has 0 saturated carbocycles. The summed E-state index contributed by atoms with van der Waals surface area (Å²) in [7, 11) is 0. The van der Waals surface area contributed by atoms with Crippen molar-refractivity contribution in [1.82, 2.24) is 5.32 Å². The van der Waals surface area contributed by atoms with Crippen LogP contribution in [0.2, 0.25) is 0 Å². The molecule has 0 aliphatic carbocycles. The van der Waals surface area contributed by atoms with Crippen LogP contribution in [0.3, 0.4) is 0 Å². The molecule has 0 heterocycles. The lowest BCUT2D eigenvalue weighted by molar-refractivity contribution is 0.0951. The maximum Gasteiger partial charge on any atom is 0.251 e. The molecule has 4 N–H and O–H groups in total. The number of carbonyl (C=O) groups is 1. The summed E-state index contributed by atoms with van der Waals surface area (Å²) in [6.45, 7) is 4.48. The number of carbonyl (C=O) groups excluding carboxylic acids is 1. The van der Waals surface area contributed by atoms with E-state index >= 15 is 0 Å². The predicted molar refractivity (Wildman–Crippen MR) is 120 cm³/mol. The molecular weight excluding hydrogens is 384 g/mol. The minimum Gasteiger partial charge on any atom is -0.508 e. The van der Waals surface area contributed by atoms with Crippen LogP contribution in [0.5, 0.6) is 5.75 Å². The SMILES string of the molecule is CC(C)(N)Cc1cccc(CNC(=O)c2ccc(-c3ccc(O)cc3)cc2)c1.Cl. The minimum atomic E-state index is -0.263. The maximum atomic E-state index is 12.5. The quantitative estimate of drug-likeness (QED) is 0.551. The van der Waals surface area contributed by atoms with E-state index in [4.69, 9.17) is 5.73 Å². The lowest BCUT2D eigenvalue weighted by Crippen LogP contribution is -2.34. The number of nitrogens with two attached hydrogens (primary N) is 1. The summed E-state index contributed by atoms with van der Waals surface area (Å²) in [5.74, 6) is 0.126. The first kappa shape index (κ1) is 22.5. The Balaban J connectivity index is 0.00000300. The summed E-state index contributed by atoms with van der Waals surface area (Å²) in [6.07, 6.45) is 0.785. The molecule has 0 radical (unpaired) electrons. The van der Waals surface area contributed by atoms with Gasteiger partial charge in [-0.2, -0.15) is 0 Å². The molecule has 0 bridgehead atoms. The highest BCUT2D eigenvalue weighted by Gasteiger charge is 2.12. The van der Waals surface area contributed by atoms with Gasteiger partial charge in [-0.05, 0) is 66.8 Å². The Morgan fingerprint density at radius 3 is 2.07 bits per heavy atom. The van der Waals surface area contributed by atoms with E-state index in [1.54, 1.807) is 12.1 Å². The summed E-state index contributed by atoms with van der Waals surface area (Å²) >= 11 is 0. The Kier molecular flexibility index (Phi) is 7.43. The van der Waals surface area contributed by atoms with Gasteiger partial charge in [-0.15, -0.1) is 12.4 Å². The molecule has 0 spiro atoms. The van der Waals surface area contributed by atoms with E-state index < -0.39 is 0 Å². The van der Waals surface area contributed by atoms with Gasteiger partial charge in [0.15, 0.2) is 0 Å². The van der Waals surface area contributed by atoms with Gasteiger partial charge >= 0.3 is 0 Å². The fourth-order valence-corrected chi connectivity index (χ4v) is 3.13. The van der Waals surface area contributed by atoms with Gasteiger partial charge in [0.1, 0.15) is 5.75 Å². The zero-order valence-electron chi connectivity index (χ0n) is 16.7. The van der Waals surface area contributed by atoms with Crippen molar-refractivity contribution in [3.05, 3.63) is 89.5 Å². The van der Waals surface area contributed by atoms with E-state index in [1.165, 1.54) is 0 Å². The molecule has 0 atom stereocenters. The van der Waals surface area contributed by atoms with Crippen LogP contribution in [0.1, 0.15) is 35.3 Å². The van der Waals surface area contributed by atoms with Gasteiger partial charge in [-0.1, -0.05) is 48.5 Å². The molecule has 3 rings (SSSR count). The van der Waals surface area contributed by atoms with Crippen LogP contribution in [-0.4, -0.2) is 16.6 Å². The number of halogens is 1. The average molecular weight is 411 g/mol. The Morgan fingerprint density at radius 2 is 1.48 bits per heavy atom. The summed E-state index contributed by atoms with van der Waals surface area (Å²) in [5, 5.41) is 12.4. The van der Waals surface area contributed by atoms with E-state index in [0.717, 1.165) is 28.7 Å². The molecule has 0 aliphatic rings. The molecule has 3 aromatic rings. The van der Waals surface area contributed by atoms with Crippen LogP contribution in [0.15, 0.2) is 72.8 Å². The third-order valence-electron chi connectivity index (χ3n) is 4.45. The first-order valence-electron chi connectivity index (χ1n) is 9.34. The zero-order chi connectivity index (χ0) is 20.1. The van der Waals surface area contributed by atoms with Crippen molar-refractivity contribution in [3.8, 4) is 16.9 Å². The lowest BCUT2D eigenvalue weighted by Gasteiger charge is -2.18. The van der Waals surface area contributed by atoms with Gasteiger partial charge in [0.05, 0.1) is 0 Å². The predicted octanol–water partition coefficient (Wildman–Crippen LogP) is 4.69. The molecular formula is C24H27ClN2O2. The molecule has 0 fully saturated rings. The van der Waals surface area contributed by atoms with Gasteiger partial charge in [-0.25, -0.2) is 0 Å². The summed E-state index contributed by atoms with van der Waals surface area (Å²) < 4.78 is 0. The van der Waals surface area contributed by atoms with E-state index in [-0.39, 0.29) is 29.6 Å². The summed E-state index contributed by atoms with van der Waals surface area (Å²) in [5.41, 5.74) is 10.6. The van der Waals surface area contributed by atoms with Crippen molar-refractivity contribution >= 4 is 18.3 Å². The number of hydrogen-bond donors (Lipinski definition) is 3. The number of phenolic OH excluding ortho intramolecular Hbond substituents is 1. The molecule has 152 valence electrons. The van der Waals surface area contributed by atoms with Crippen molar-refractivity contribution in [3.63, 3.8) is 0 Å². The first-order chi connectivity index (χ1) is 13.3. The topological polar surface area (TPSA) is 75.3 Å². The van der Waals surface area contributed by atoms with Crippen LogP contribution < -0.4 is 11.1 Å². The van der Waals surface area contributed by atoms with Gasteiger partial charge in [0.25, 0.3) is 5.91 Å². The lowest BCUT2D eigenvalue weighted by atomic mass is 9.95. The fourth-order valence-electron chi connectivity index (χ4n) is 3.13. The second kappa shape index (κ2) is 9.59. The molecule has 1 amide bonds. The molecule has 0 aliphatic heterocycles. The number of aromatic hydroxyl groups is 1. The third kappa shape index (κ3) is 6.63. The third-order valence-corrected chi connectivity index (χ3v) is 4.45. The number of rotatable bonds is 6. The summed E-state index contributed by atoms with van der Waals surface area (Å²) in [6, 6.07) is 22.6. The van der Waals surface area contributed by atoms with Crippen molar-refractivity contribution in [1.29, 1.82) is 0 Å². The standard InChI is InChI=1S/C24H26N2O2.ClH/c1-24(2,25)15-17-4-3-5-18(14-17)16-26-23(28)21-8-6-19(7-9-21)20-10-12-22(27)13-11-20;/h3-14,27H,15-16,25H2,1-2H3,(H,26,28);1H. The van der Waals surface area contributed by atoms with E-state index in [1.807, 2.05) is 62.4 Å². The Hall–Kier alpha value is -2.82. The van der Waals surface area contributed by atoms with Crippen LogP contribution in [-0.2, 0) is 13.0 Å². The molecule has 5 heteroatoms. The largest absolute Gasteiger partial charge is 0.508 e. The fraction of sp³-hybridized carbons (Fsp3) is 0.208. The van der Waals surface area contributed by atoms with Gasteiger partial charge in [-0.3, -0.25) is 4.79 Å². The zero-order valence-corrected chi connectivity index (χ0v) is 17.5. The van der Waals surface area contributed by atoms with Gasteiger partial charge in [0.2, 0.25) is 0 Å². The van der Waals surface area contributed by atoms with Crippen LogP contribution in [0, 0.1) is 0 Å². The molecule has 29 heavy (non-hydrogen) atoms. The minimum absolute atomic E-state index is 0. The van der Waals surface area contributed by atoms with Crippen LogP contribution in [0.25, 0.3) is 11.1 Å². The second-order valence-electron chi connectivity index (χ2n) is 7.79. The van der Waals surface area contributed by atoms with Crippen LogP contribution in [0.4, 0.5) is 0 Å². The van der Waals surface area contributed by atoms with Crippen LogP contribution >= 0.6 is 12.4 Å². The normalized spacial score (nSPS) is 10.9. The van der Waals surface area contributed by atoms with E-state index in [0.29, 0.717) is 12.1 Å². The summed E-state index contributed by atoms with van der Waals surface area (Å²) in [4.78, 5) is 12.5. The highest BCUT2D eigenvalue weighted by atomic mass is 35.5. The highest BCUT2D eigenvalue weighted by molar-refractivity contribution is 5.94. The second-order valence-corrected chi connectivity index (χ2v) is 7.79. The van der Waals surface area contributed by atoms with E-state index in [9.17, 15) is 9.90 Å². The van der Waals surface area contributed by atoms with Crippen molar-refractivity contribution < 1.29 is 9.90 Å². The molecule has 0 saturated heterocycles. The van der Waals surface area contributed by atoms with Crippen molar-refractivity contribution in [2.75, 3.05) is 0 Å². The Bertz CT molecular complexity index is 946. The number of hydrogen-bond acceptors (Lipinski definition) is 3. The monoisotopic (exact) mass is 410 g/mol. The number of amides is 1. The van der Waals surface area contributed by atoms with Crippen molar-refractivity contribution in [2.45, 2.75) is 32.4 Å². The first-order valence-corrected chi connectivity index (χ1v) is 9.34. The number of nitrogens with one attached hydrogen (secondary N) is 1. The maximum absolute atomic E-state index is 12.5. The Morgan fingerprint density at radius 1 is 0.931 bits per heavy atom. The number of benzene rings is 3. The van der Waals surface area contributed by atoms with E-state index in [2.05, 4.69) is 17.4 Å². The van der Waals surface area contributed by atoms with Gasteiger partial charge < -0.3 is 16.2 Å². The highest BCUT2D eigenvalue weighted by Crippen LogP contribution is 2.22.